The standard InChI is InChI=1S/C23H24F3N3O/c1-4-17-14-20(27-22(30)18-8-6-5-7-9-18)16(2)21(23(24,25)26)19(17)15-29-12-10-28(3)11-13-29/h1,5-9,14H,10-13,15H2,2-3H3,(H,27,30). The summed E-state index contributed by atoms with van der Waals surface area (Å²) in [5.74, 6) is 1.91. The van der Waals surface area contributed by atoms with Gasteiger partial charge in [0.2, 0.25) is 0 Å². The molecule has 3 rings (SSSR count). The quantitative estimate of drug-likeness (QED) is 0.767. The molecule has 4 nitrogen and oxygen atoms in total. The van der Waals surface area contributed by atoms with Crippen molar-refractivity contribution in [2.75, 3.05) is 38.5 Å². The SMILES string of the molecule is C#Cc1cc(NC(=O)c2ccccc2)c(C)c(C(F)(F)F)c1CN1CCN(C)CC1. The molecule has 1 fully saturated rings. The second kappa shape index (κ2) is 8.90. The lowest BCUT2D eigenvalue weighted by atomic mass is 9.93. The molecule has 7 heteroatoms. The molecule has 0 unspecified atom stereocenters. The minimum atomic E-state index is -4.59. The third kappa shape index (κ3) is 4.84. The van der Waals surface area contributed by atoms with Gasteiger partial charge in [-0.15, -0.1) is 6.42 Å². The number of carbonyl (C=O) groups excluding carboxylic acids is 1. The van der Waals surface area contributed by atoms with Crippen LogP contribution >= 0.6 is 0 Å². The van der Waals surface area contributed by atoms with E-state index in [1.54, 1.807) is 30.3 Å². The van der Waals surface area contributed by atoms with Gasteiger partial charge >= 0.3 is 6.18 Å². The van der Waals surface area contributed by atoms with E-state index >= 15 is 0 Å². The summed E-state index contributed by atoms with van der Waals surface area (Å²) >= 11 is 0. The topological polar surface area (TPSA) is 35.6 Å². The van der Waals surface area contributed by atoms with Crippen LogP contribution in [0.25, 0.3) is 0 Å². The van der Waals surface area contributed by atoms with Crippen molar-refractivity contribution < 1.29 is 18.0 Å². The predicted molar refractivity (Wildman–Crippen MR) is 111 cm³/mol. The van der Waals surface area contributed by atoms with Crippen LogP contribution in [0.2, 0.25) is 0 Å². The van der Waals surface area contributed by atoms with Crippen molar-refractivity contribution in [2.45, 2.75) is 19.6 Å². The van der Waals surface area contributed by atoms with Gasteiger partial charge in [0.15, 0.2) is 0 Å². The van der Waals surface area contributed by atoms with Gasteiger partial charge in [-0.1, -0.05) is 24.1 Å². The fraction of sp³-hybridized carbons (Fsp3) is 0.348. The molecule has 1 aliphatic rings. The first-order chi connectivity index (χ1) is 14.2. The Balaban J connectivity index is 2.00. The third-order valence-electron chi connectivity index (χ3n) is 5.40. The van der Waals surface area contributed by atoms with Gasteiger partial charge in [0.25, 0.3) is 5.91 Å². The molecule has 30 heavy (non-hydrogen) atoms. The maximum Gasteiger partial charge on any atom is 0.417 e. The zero-order valence-electron chi connectivity index (χ0n) is 17.0. The second-order valence-corrected chi connectivity index (χ2v) is 7.49. The molecule has 0 bridgehead atoms. The van der Waals surface area contributed by atoms with Crippen LogP contribution in [0.15, 0.2) is 36.4 Å². The molecular formula is C23H24F3N3O. The molecule has 1 heterocycles. The number of terminal acetylenes is 1. The van der Waals surface area contributed by atoms with Crippen molar-refractivity contribution in [1.82, 2.24) is 9.80 Å². The first-order valence-corrected chi connectivity index (χ1v) is 9.68. The number of carbonyl (C=O) groups is 1. The van der Waals surface area contributed by atoms with E-state index in [2.05, 4.69) is 16.1 Å². The normalized spacial score (nSPS) is 15.6. The Labute approximate surface area is 174 Å². The van der Waals surface area contributed by atoms with Crippen molar-refractivity contribution in [1.29, 1.82) is 0 Å². The fourth-order valence-corrected chi connectivity index (χ4v) is 3.66. The first kappa shape index (κ1) is 21.9. The molecule has 2 aromatic carbocycles. The minimum Gasteiger partial charge on any atom is -0.322 e. The number of amides is 1. The molecule has 2 aromatic rings. The largest absolute Gasteiger partial charge is 0.417 e. The van der Waals surface area contributed by atoms with Gasteiger partial charge in [0.1, 0.15) is 0 Å². The van der Waals surface area contributed by atoms with Gasteiger partial charge in [-0.2, -0.15) is 13.2 Å². The van der Waals surface area contributed by atoms with Crippen LogP contribution in [-0.2, 0) is 12.7 Å². The monoisotopic (exact) mass is 415 g/mol. The number of alkyl halides is 3. The lowest BCUT2D eigenvalue weighted by molar-refractivity contribution is -0.138. The fourth-order valence-electron chi connectivity index (χ4n) is 3.66. The first-order valence-electron chi connectivity index (χ1n) is 9.68. The van der Waals surface area contributed by atoms with Crippen LogP contribution in [-0.4, -0.2) is 48.9 Å². The Morgan fingerprint density at radius 3 is 2.37 bits per heavy atom. The smallest absolute Gasteiger partial charge is 0.322 e. The highest BCUT2D eigenvalue weighted by Gasteiger charge is 2.38. The average Bonchev–Trinajstić information content (AvgIpc) is 2.71. The Hall–Kier alpha value is -2.82. The van der Waals surface area contributed by atoms with Gasteiger partial charge in [0.05, 0.1) is 5.56 Å². The summed E-state index contributed by atoms with van der Waals surface area (Å²) in [6.07, 6.45) is 1.00. The molecule has 158 valence electrons. The maximum absolute atomic E-state index is 14.1. The van der Waals surface area contributed by atoms with E-state index in [9.17, 15) is 18.0 Å². The van der Waals surface area contributed by atoms with Gasteiger partial charge in [-0.25, -0.2) is 0 Å². The van der Waals surface area contributed by atoms with E-state index in [1.165, 1.54) is 13.0 Å². The molecule has 0 spiro atoms. The van der Waals surface area contributed by atoms with Crippen molar-refractivity contribution in [3.8, 4) is 12.3 Å². The van der Waals surface area contributed by atoms with Crippen LogP contribution in [0.5, 0.6) is 0 Å². The number of anilines is 1. The predicted octanol–water partition coefficient (Wildman–Crippen LogP) is 3.99. The Morgan fingerprint density at radius 1 is 1.17 bits per heavy atom. The molecule has 0 saturated carbocycles. The van der Waals surface area contributed by atoms with Crippen molar-refractivity contribution >= 4 is 11.6 Å². The molecule has 0 radical (unpaired) electrons. The lowest BCUT2D eigenvalue weighted by Crippen LogP contribution is -2.44. The van der Waals surface area contributed by atoms with Crippen LogP contribution < -0.4 is 5.32 Å². The van der Waals surface area contributed by atoms with E-state index in [-0.39, 0.29) is 28.9 Å². The highest BCUT2D eigenvalue weighted by molar-refractivity contribution is 6.04. The Kier molecular flexibility index (Phi) is 6.49. The number of benzene rings is 2. The van der Waals surface area contributed by atoms with E-state index in [1.807, 2.05) is 11.9 Å². The van der Waals surface area contributed by atoms with E-state index in [0.29, 0.717) is 18.7 Å². The Bertz CT molecular complexity index is 956. The summed E-state index contributed by atoms with van der Waals surface area (Å²) in [5, 5.41) is 2.60. The zero-order valence-corrected chi connectivity index (χ0v) is 17.0. The number of hydrogen-bond acceptors (Lipinski definition) is 3. The number of nitrogens with zero attached hydrogens (tertiary/aromatic N) is 2. The minimum absolute atomic E-state index is 0.0325. The van der Waals surface area contributed by atoms with Gasteiger partial charge in [0, 0.05) is 49.5 Å². The summed E-state index contributed by atoms with van der Waals surface area (Å²) in [4.78, 5) is 16.6. The van der Waals surface area contributed by atoms with Crippen LogP contribution in [0.4, 0.5) is 18.9 Å². The summed E-state index contributed by atoms with van der Waals surface area (Å²) in [6, 6.07) is 9.80. The Morgan fingerprint density at radius 2 is 1.80 bits per heavy atom. The molecule has 1 N–H and O–H groups in total. The molecule has 0 atom stereocenters. The zero-order chi connectivity index (χ0) is 21.9. The molecule has 0 aliphatic carbocycles. The number of hydrogen-bond donors (Lipinski definition) is 1. The highest BCUT2D eigenvalue weighted by Crippen LogP contribution is 2.40. The van der Waals surface area contributed by atoms with E-state index in [4.69, 9.17) is 6.42 Å². The number of piperazine rings is 1. The maximum atomic E-state index is 14.1. The van der Waals surface area contributed by atoms with E-state index in [0.717, 1.165) is 13.1 Å². The van der Waals surface area contributed by atoms with E-state index < -0.39 is 17.6 Å². The summed E-state index contributed by atoms with van der Waals surface area (Å²) < 4.78 is 42.2. The van der Waals surface area contributed by atoms with Crippen LogP contribution in [0, 0.1) is 19.3 Å². The number of likely N-dealkylation sites (N-methyl/N-ethyl adjacent to an activating group) is 1. The van der Waals surface area contributed by atoms with Gasteiger partial charge < -0.3 is 10.2 Å². The van der Waals surface area contributed by atoms with Crippen molar-refractivity contribution in [3.63, 3.8) is 0 Å². The van der Waals surface area contributed by atoms with Gasteiger partial charge in [-0.05, 0) is 43.3 Å². The molecule has 1 amide bonds. The van der Waals surface area contributed by atoms with Crippen LogP contribution in [0.1, 0.15) is 32.6 Å². The number of halogens is 3. The number of rotatable bonds is 4. The van der Waals surface area contributed by atoms with Crippen molar-refractivity contribution in [2.24, 2.45) is 0 Å². The number of nitrogens with one attached hydrogen (secondary N) is 1. The average molecular weight is 415 g/mol. The lowest BCUT2D eigenvalue weighted by Gasteiger charge is -2.33. The molecule has 1 saturated heterocycles. The third-order valence-corrected chi connectivity index (χ3v) is 5.40. The molecule has 0 aromatic heterocycles. The van der Waals surface area contributed by atoms with Gasteiger partial charge in [-0.3, -0.25) is 9.69 Å². The summed E-state index contributed by atoms with van der Waals surface area (Å²) in [5.41, 5.74) is -0.129. The van der Waals surface area contributed by atoms with Crippen molar-refractivity contribution in [3.05, 3.63) is 64.2 Å². The van der Waals surface area contributed by atoms with Crippen LogP contribution in [0.3, 0.4) is 0 Å². The summed E-state index contributed by atoms with van der Waals surface area (Å²) in [7, 11) is 1.99. The second-order valence-electron chi connectivity index (χ2n) is 7.49. The molecule has 1 aliphatic heterocycles. The molecular weight excluding hydrogens is 391 g/mol. The summed E-state index contributed by atoms with van der Waals surface area (Å²) in [6.45, 7) is 4.41. The highest BCUT2D eigenvalue weighted by atomic mass is 19.4.